The number of rotatable bonds is 1. The third-order valence-electron chi connectivity index (χ3n) is 3.55. The van der Waals surface area contributed by atoms with E-state index in [1.165, 1.54) is 0 Å². The lowest BCUT2D eigenvalue weighted by molar-refractivity contribution is 0.371. The SMILES string of the molecule is Cc1cc2c(c(=O)o1)[C@@H](c1cccc(Cl)c1Cl)C(C#N)=C(N)O2. The molecule has 2 heterocycles. The number of nitriles is 1. The molecule has 1 atom stereocenters. The minimum Gasteiger partial charge on any atom is -0.440 e. The van der Waals surface area contributed by atoms with Crippen molar-refractivity contribution in [2.45, 2.75) is 12.8 Å². The van der Waals surface area contributed by atoms with Crippen molar-refractivity contribution in [1.29, 1.82) is 5.26 Å². The lowest BCUT2D eigenvalue weighted by Gasteiger charge is -2.25. The van der Waals surface area contributed by atoms with E-state index >= 15 is 0 Å². The first-order chi connectivity index (χ1) is 10.9. The van der Waals surface area contributed by atoms with Crippen molar-refractivity contribution < 1.29 is 9.15 Å². The van der Waals surface area contributed by atoms with Gasteiger partial charge >= 0.3 is 5.63 Å². The Bertz CT molecular complexity index is 941. The van der Waals surface area contributed by atoms with Crippen LogP contribution in [-0.4, -0.2) is 0 Å². The van der Waals surface area contributed by atoms with E-state index in [-0.39, 0.29) is 27.8 Å². The van der Waals surface area contributed by atoms with Gasteiger partial charge in [-0.15, -0.1) is 0 Å². The van der Waals surface area contributed by atoms with Crippen LogP contribution in [-0.2, 0) is 0 Å². The molecule has 1 aromatic carbocycles. The highest BCUT2D eigenvalue weighted by Crippen LogP contribution is 2.44. The van der Waals surface area contributed by atoms with Gasteiger partial charge in [-0.05, 0) is 18.6 Å². The second-order valence-corrected chi connectivity index (χ2v) is 5.78. The zero-order valence-electron chi connectivity index (χ0n) is 11.9. The zero-order chi connectivity index (χ0) is 16.7. The van der Waals surface area contributed by atoms with Crippen LogP contribution in [0.5, 0.6) is 5.75 Å². The normalized spacial score (nSPS) is 16.5. The van der Waals surface area contributed by atoms with E-state index in [4.69, 9.17) is 38.1 Å². The highest BCUT2D eigenvalue weighted by Gasteiger charge is 2.35. The van der Waals surface area contributed by atoms with Crippen molar-refractivity contribution in [1.82, 2.24) is 0 Å². The van der Waals surface area contributed by atoms with Gasteiger partial charge in [-0.25, -0.2) is 4.79 Å². The summed E-state index contributed by atoms with van der Waals surface area (Å²) < 4.78 is 10.6. The van der Waals surface area contributed by atoms with Gasteiger partial charge in [0.15, 0.2) is 0 Å². The lowest BCUT2D eigenvalue weighted by atomic mass is 9.84. The quantitative estimate of drug-likeness (QED) is 0.851. The second kappa shape index (κ2) is 5.65. The number of fused-ring (bicyclic) bond motifs is 1. The molecule has 0 unspecified atom stereocenters. The molecule has 7 heteroatoms. The molecule has 0 saturated heterocycles. The van der Waals surface area contributed by atoms with Crippen LogP contribution in [0.3, 0.4) is 0 Å². The molecule has 3 rings (SSSR count). The van der Waals surface area contributed by atoms with Crippen molar-refractivity contribution in [3.05, 3.63) is 73.1 Å². The molecule has 0 spiro atoms. The van der Waals surface area contributed by atoms with E-state index in [9.17, 15) is 10.1 Å². The Balaban J connectivity index is 2.37. The lowest BCUT2D eigenvalue weighted by Crippen LogP contribution is -2.26. The second-order valence-electron chi connectivity index (χ2n) is 4.99. The van der Waals surface area contributed by atoms with Crippen LogP contribution in [0.4, 0.5) is 0 Å². The molecule has 0 saturated carbocycles. The molecule has 2 aromatic rings. The van der Waals surface area contributed by atoms with Gasteiger partial charge in [0.1, 0.15) is 23.2 Å². The summed E-state index contributed by atoms with van der Waals surface area (Å²) in [6, 6.07) is 8.50. The maximum atomic E-state index is 12.3. The van der Waals surface area contributed by atoms with Gasteiger partial charge in [0.2, 0.25) is 5.88 Å². The van der Waals surface area contributed by atoms with Gasteiger partial charge in [0.05, 0.1) is 21.5 Å². The van der Waals surface area contributed by atoms with Crippen LogP contribution in [0.25, 0.3) is 0 Å². The first-order valence-electron chi connectivity index (χ1n) is 6.60. The molecule has 0 fully saturated rings. The first kappa shape index (κ1) is 15.5. The van der Waals surface area contributed by atoms with Gasteiger partial charge in [-0.1, -0.05) is 35.3 Å². The van der Waals surface area contributed by atoms with Crippen molar-refractivity contribution in [2.75, 3.05) is 0 Å². The number of aryl methyl sites for hydroxylation is 1. The summed E-state index contributed by atoms with van der Waals surface area (Å²) in [4.78, 5) is 12.3. The van der Waals surface area contributed by atoms with Gasteiger partial charge in [0, 0.05) is 6.07 Å². The summed E-state index contributed by atoms with van der Waals surface area (Å²) in [6.45, 7) is 1.62. The summed E-state index contributed by atoms with van der Waals surface area (Å²) in [5.74, 6) is -0.257. The fraction of sp³-hybridized carbons (Fsp3) is 0.125. The average molecular weight is 349 g/mol. The molecule has 1 aliphatic rings. The van der Waals surface area contributed by atoms with Crippen molar-refractivity contribution in [3.63, 3.8) is 0 Å². The van der Waals surface area contributed by atoms with Crippen LogP contribution >= 0.6 is 23.2 Å². The predicted molar refractivity (Wildman–Crippen MR) is 85.5 cm³/mol. The minimum atomic E-state index is -0.799. The molecule has 0 bridgehead atoms. The molecule has 2 N–H and O–H groups in total. The Morgan fingerprint density at radius 2 is 2.09 bits per heavy atom. The summed E-state index contributed by atoms with van der Waals surface area (Å²) in [5, 5.41) is 10.0. The number of benzene rings is 1. The van der Waals surface area contributed by atoms with Crippen LogP contribution in [0.1, 0.15) is 22.8 Å². The van der Waals surface area contributed by atoms with Crippen molar-refractivity contribution in [2.24, 2.45) is 5.73 Å². The maximum Gasteiger partial charge on any atom is 0.343 e. The van der Waals surface area contributed by atoms with E-state index in [2.05, 4.69) is 0 Å². The molecule has 23 heavy (non-hydrogen) atoms. The Hall–Kier alpha value is -2.42. The smallest absolute Gasteiger partial charge is 0.343 e. The Labute approximate surface area is 141 Å². The van der Waals surface area contributed by atoms with Crippen LogP contribution in [0, 0.1) is 18.3 Å². The molecule has 0 amide bonds. The highest BCUT2D eigenvalue weighted by atomic mass is 35.5. The Morgan fingerprint density at radius 1 is 1.35 bits per heavy atom. The summed E-state index contributed by atoms with van der Waals surface area (Å²) in [5.41, 5.74) is 5.98. The number of nitrogens with two attached hydrogens (primary N) is 1. The topological polar surface area (TPSA) is 89.2 Å². The largest absolute Gasteiger partial charge is 0.440 e. The molecule has 0 radical (unpaired) electrons. The predicted octanol–water partition coefficient (Wildman–Crippen LogP) is 3.47. The van der Waals surface area contributed by atoms with Gasteiger partial charge < -0.3 is 14.9 Å². The maximum absolute atomic E-state index is 12.3. The Morgan fingerprint density at radius 3 is 2.78 bits per heavy atom. The number of nitrogens with zero attached hydrogens (tertiary/aromatic N) is 1. The number of allylic oxidation sites excluding steroid dienone is 1. The number of hydrogen-bond acceptors (Lipinski definition) is 5. The van der Waals surface area contributed by atoms with Gasteiger partial charge in [0.25, 0.3) is 0 Å². The third-order valence-corrected chi connectivity index (χ3v) is 4.38. The molecular weight excluding hydrogens is 339 g/mol. The van der Waals surface area contributed by atoms with E-state index in [0.717, 1.165) is 0 Å². The van der Waals surface area contributed by atoms with Gasteiger partial charge in [-0.3, -0.25) is 0 Å². The summed E-state index contributed by atoms with van der Waals surface area (Å²) in [6.07, 6.45) is 0. The summed E-state index contributed by atoms with van der Waals surface area (Å²) in [7, 11) is 0. The van der Waals surface area contributed by atoms with Gasteiger partial charge in [-0.2, -0.15) is 5.26 Å². The molecule has 116 valence electrons. The van der Waals surface area contributed by atoms with Crippen LogP contribution in [0.2, 0.25) is 10.0 Å². The van der Waals surface area contributed by atoms with Crippen LogP contribution < -0.4 is 16.1 Å². The highest BCUT2D eigenvalue weighted by molar-refractivity contribution is 6.42. The fourth-order valence-corrected chi connectivity index (χ4v) is 2.99. The fourth-order valence-electron chi connectivity index (χ4n) is 2.57. The van der Waals surface area contributed by atoms with E-state index in [0.29, 0.717) is 16.3 Å². The molecule has 0 aliphatic carbocycles. The molecule has 5 nitrogen and oxygen atoms in total. The standard InChI is InChI=1S/C16H10Cl2N2O3/c1-7-5-11-13(16(21)22-7)12(9(6-19)15(20)23-11)8-3-2-4-10(17)14(8)18/h2-5,12H,20H2,1H3/t12-/m0/s1. The molecular formula is C16H10Cl2N2O3. The average Bonchev–Trinajstić information content (AvgIpc) is 2.48. The Kier molecular flexibility index (Phi) is 3.80. The third kappa shape index (κ3) is 2.46. The molecule has 1 aromatic heterocycles. The number of halogens is 2. The van der Waals surface area contributed by atoms with Crippen LogP contribution in [0.15, 0.2) is 44.9 Å². The van der Waals surface area contributed by atoms with E-state index < -0.39 is 11.5 Å². The molecule has 1 aliphatic heterocycles. The number of hydrogen-bond donors (Lipinski definition) is 1. The summed E-state index contributed by atoms with van der Waals surface area (Å²) >= 11 is 12.3. The van der Waals surface area contributed by atoms with E-state index in [1.807, 2.05) is 6.07 Å². The minimum absolute atomic E-state index is 0.0777. The monoisotopic (exact) mass is 348 g/mol. The van der Waals surface area contributed by atoms with Crippen molar-refractivity contribution in [3.8, 4) is 11.8 Å². The van der Waals surface area contributed by atoms with Crippen molar-refractivity contribution >= 4 is 23.2 Å². The number of ether oxygens (including phenoxy) is 1. The first-order valence-corrected chi connectivity index (χ1v) is 7.35. The van der Waals surface area contributed by atoms with E-state index in [1.54, 1.807) is 31.2 Å². The zero-order valence-corrected chi connectivity index (χ0v) is 13.4.